The number of aryl methyl sites for hydroxylation is 1. The van der Waals surface area contributed by atoms with Crippen molar-refractivity contribution in [1.82, 2.24) is 30.0 Å². The maximum atomic E-state index is 4.70. The molecule has 0 aliphatic carbocycles. The number of rotatable bonds is 6. The third kappa shape index (κ3) is 3.57. The van der Waals surface area contributed by atoms with Gasteiger partial charge >= 0.3 is 0 Å². The first kappa shape index (κ1) is 17.0. The van der Waals surface area contributed by atoms with E-state index in [-0.39, 0.29) is 0 Å². The fourth-order valence-corrected chi connectivity index (χ4v) is 3.11. The van der Waals surface area contributed by atoms with Gasteiger partial charge < -0.3 is 5.32 Å². The summed E-state index contributed by atoms with van der Waals surface area (Å²) in [5.41, 5.74) is 5.46. The van der Waals surface area contributed by atoms with E-state index in [0.29, 0.717) is 12.5 Å². The molecule has 1 N–H and O–H groups in total. The van der Waals surface area contributed by atoms with Crippen molar-refractivity contribution in [2.75, 3.05) is 5.32 Å². The zero-order valence-electron chi connectivity index (χ0n) is 15.4. The molecule has 27 heavy (non-hydrogen) atoms. The minimum Gasteiger partial charge on any atom is -0.349 e. The average molecular weight is 359 g/mol. The van der Waals surface area contributed by atoms with Crippen LogP contribution in [-0.4, -0.2) is 30.0 Å². The first-order valence-electron chi connectivity index (χ1n) is 8.87. The highest BCUT2D eigenvalue weighted by Crippen LogP contribution is 2.17. The number of hydrogen-bond donors (Lipinski definition) is 1. The SMILES string of the molecule is Cc1nn(Cc2ccccc2)c(C)c1CNc1nnnn1-c1ccccc1. The third-order valence-electron chi connectivity index (χ3n) is 4.60. The van der Waals surface area contributed by atoms with Crippen LogP contribution in [0.25, 0.3) is 5.69 Å². The molecule has 7 heteroatoms. The summed E-state index contributed by atoms with van der Waals surface area (Å²) < 4.78 is 3.74. The molecule has 7 nitrogen and oxygen atoms in total. The van der Waals surface area contributed by atoms with Gasteiger partial charge in [-0.2, -0.15) is 9.78 Å². The summed E-state index contributed by atoms with van der Waals surface area (Å²) in [5, 5.41) is 20.0. The van der Waals surface area contributed by atoms with E-state index in [2.05, 4.69) is 39.9 Å². The van der Waals surface area contributed by atoms with E-state index >= 15 is 0 Å². The van der Waals surface area contributed by atoms with Crippen LogP contribution in [0.3, 0.4) is 0 Å². The van der Waals surface area contributed by atoms with Crippen LogP contribution in [0.5, 0.6) is 0 Å². The summed E-state index contributed by atoms with van der Waals surface area (Å²) in [4.78, 5) is 0. The van der Waals surface area contributed by atoms with Crippen molar-refractivity contribution in [3.05, 3.63) is 83.2 Å². The van der Waals surface area contributed by atoms with Crippen LogP contribution in [0.1, 0.15) is 22.5 Å². The van der Waals surface area contributed by atoms with Gasteiger partial charge in [0, 0.05) is 17.8 Å². The smallest absolute Gasteiger partial charge is 0.248 e. The third-order valence-corrected chi connectivity index (χ3v) is 4.60. The summed E-state index contributed by atoms with van der Waals surface area (Å²) in [5.74, 6) is 0.607. The predicted octanol–water partition coefficient (Wildman–Crippen LogP) is 3.14. The summed E-state index contributed by atoms with van der Waals surface area (Å²) in [6.07, 6.45) is 0. The van der Waals surface area contributed by atoms with Crippen LogP contribution in [0.2, 0.25) is 0 Å². The van der Waals surface area contributed by atoms with Gasteiger partial charge in [-0.25, -0.2) is 0 Å². The van der Waals surface area contributed by atoms with Gasteiger partial charge in [0.25, 0.3) is 0 Å². The Balaban J connectivity index is 1.52. The average Bonchev–Trinajstić information content (AvgIpc) is 3.27. The Morgan fingerprint density at radius 3 is 2.37 bits per heavy atom. The van der Waals surface area contributed by atoms with Crippen LogP contribution >= 0.6 is 0 Å². The molecule has 0 spiro atoms. The molecule has 0 atom stereocenters. The quantitative estimate of drug-likeness (QED) is 0.572. The Kier molecular flexibility index (Phi) is 4.65. The molecule has 0 aliphatic heterocycles. The highest BCUT2D eigenvalue weighted by atomic mass is 15.6. The normalized spacial score (nSPS) is 10.9. The van der Waals surface area contributed by atoms with Crippen molar-refractivity contribution in [3.8, 4) is 5.69 Å². The second-order valence-electron chi connectivity index (χ2n) is 6.40. The minimum atomic E-state index is 0.607. The molecule has 0 aliphatic rings. The number of benzene rings is 2. The Morgan fingerprint density at radius 2 is 1.63 bits per heavy atom. The number of tetrazole rings is 1. The van der Waals surface area contributed by atoms with Gasteiger partial charge in [0.1, 0.15) is 0 Å². The van der Waals surface area contributed by atoms with Gasteiger partial charge in [-0.1, -0.05) is 53.6 Å². The Hall–Kier alpha value is -3.48. The van der Waals surface area contributed by atoms with Gasteiger partial charge in [0.05, 0.1) is 17.9 Å². The van der Waals surface area contributed by atoms with Gasteiger partial charge in [0.15, 0.2) is 0 Å². The van der Waals surface area contributed by atoms with Gasteiger partial charge in [0.2, 0.25) is 5.95 Å². The van der Waals surface area contributed by atoms with E-state index in [4.69, 9.17) is 5.10 Å². The molecule has 4 rings (SSSR count). The molecule has 0 amide bonds. The predicted molar refractivity (Wildman–Crippen MR) is 104 cm³/mol. The highest BCUT2D eigenvalue weighted by Gasteiger charge is 2.14. The Morgan fingerprint density at radius 1 is 0.926 bits per heavy atom. The lowest BCUT2D eigenvalue weighted by molar-refractivity contribution is 0.658. The standard InChI is InChI=1S/C20H21N7/c1-15-19(16(2)26(23-15)14-17-9-5-3-6-10-17)13-21-20-22-24-25-27(20)18-11-7-4-8-12-18/h3-12H,13-14H2,1-2H3,(H,21,22,25). The molecule has 0 bridgehead atoms. The Labute approximate surface area is 157 Å². The van der Waals surface area contributed by atoms with Crippen molar-refractivity contribution in [1.29, 1.82) is 0 Å². The van der Waals surface area contributed by atoms with Crippen LogP contribution in [0.4, 0.5) is 5.95 Å². The van der Waals surface area contributed by atoms with Crippen molar-refractivity contribution in [3.63, 3.8) is 0 Å². The largest absolute Gasteiger partial charge is 0.349 e. The second kappa shape index (κ2) is 7.41. The van der Waals surface area contributed by atoms with Crippen molar-refractivity contribution in [2.45, 2.75) is 26.9 Å². The van der Waals surface area contributed by atoms with Crippen molar-refractivity contribution < 1.29 is 0 Å². The van der Waals surface area contributed by atoms with Crippen LogP contribution < -0.4 is 5.32 Å². The maximum absolute atomic E-state index is 4.70. The summed E-state index contributed by atoms with van der Waals surface area (Å²) >= 11 is 0. The minimum absolute atomic E-state index is 0.607. The topological polar surface area (TPSA) is 73.5 Å². The molecule has 0 saturated heterocycles. The monoisotopic (exact) mass is 359 g/mol. The van der Waals surface area contributed by atoms with E-state index in [1.54, 1.807) is 4.68 Å². The molecule has 2 aromatic heterocycles. The van der Waals surface area contributed by atoms with Crippen LogP contribution in [0, 0.1) is 13.8 Å². The molecule has 2 aromatic carbocycles. The van der Waals surface area contributed by atoms with E-state index in [1.807, 2.05) is 60.1 Å². The van der Waals surface area contributed by atoms with Gasteiger partial charge in [-0.15, -0.1) is 0 Å². The highest BCUT2D eigenvalue weighted by molar-refractivity contribution is 5.39. The van der Waals surface area contributed by atoms with Crippen LogP contribution in [0.15, 0.2) is 60.7 Å². The summed E-state index contributed by atoms with van der Waals surface area (Å²) in [6, 6.07) is 20.2. The molecule has 0 saturated carbocycles. The number of anilines is 1. The summed E-state index contributed by atoms with van der Waals surface area (Å²) in [7, 11) is 0. The Bertz CT molecular complexity index is 1020. The first-order valence-corrected chi connectivity index (χ1v) is 8.87. The van der Waals surface area contributed by atoms with E-state index in [1.165, 1.54) is 5.56 Å². The van der Waals surface area contributed by atoms with Gasteiger partial charge in [-0.3, -0.25) is 4.68 Å². The lowest BCUT2D eigenvalue weighted by Crippen LogP contribution is -2.09. The second-order valence-corrected chi connectivity index (χ2v) is 6.40. The van der Waals surface area contributed by atoms with E-state index in [0.717, 1.165) is 29.2 Å². The van der Waals surface area contributed by atoms with Crippen molar-refractivity contribution >= 4 is 5.95 Å². The molecule has 0 unspecified atom stereocenters. The number of hydrogen-bond acceptors (Lipinski definition) is 5. The fourth-order valence-electron chi connectivity index (χ4n) is 3.11. The number of nitrogens with one attached hydrogen (secondary N) is 1. The summed E-state index contributed by atoms with van der Waals surface area (Å²) in [6.45, 7) is 5.50. The van der Waals surface area contributed by atoms with Gasteiger partial charge in [-0.05, 0) is 42.0 Å². The van der Waals surface area contributed by atoms with Crippen molar-refractivity contribution in [2.24, 2.45) is 0 Å². The molecule has 4 aromatic rings. The van der Waals surface area contributed by atoms with E-state index < -0.39 is 0 Å². The van der Waals surface area contributed by atoms with Crippen LogP contribution in [-0.2, 0) is 13.1 Å². The lowest BCUT2D eigenvalue weighted by Gasteiger charge is -2.08. The molecule has 2 heterocycles. The molecule has 136 valence electrons. The first-order chi connectivity index (χ1) is 13.2. The molecular formula is C20H21N7. The fraction of sp³-hybridized carbons (Fsp3) is 0.200. The number of nitrogens with zero attached hydrogens (tertiary/aromatic N) is 6. The zero-order chi connectivity index (χ0) is 18.6. The lowest BCUT2D eigenvalue weighted by atomic mass is 10.2. The maximum Gasteiger partial charge on any atom is 0.248 e. The van der Waals surface area contributed by atoms with E-state index in [9.17, 15) is 0 Å². The number of aromatic nitrogens is 6. The molecule has 0 radical (unpaired) electrons. The molecule has 0 fully saturated rings. The molecular weight excluding hydrogens is 338 g/mol. The zero-order valence-corrected chi connectivity index (χ0v) is 15.4. The number of para-hydroxylation sites is 1.